The molecule has 1 nitrogen and oxygen atoms in total. The van der Waals surface area contributed by atoms with Crippen LogP contribution in [-0.2, 0) is 12.8 Å². The Hall–Kier alpha value is -1.12. The Labute approximate surface area is 182 Å². The summed E-state index contributed by atoms with van der Waals surface area (Å²) >= 11 is 0. The Morgan fingerprint density at radius 1 is 0.900 bits per heavy atom. The highest BCUT2D eigenvalue weighted by atomic mass is 19.1. The molecule has 0 bridgehead atoms. The summed E-state index contributed by atoms with van der Waals surface area (Å²) in [5, 5.41) is 0. The van der Waals surface area contributed by atoms with Crippen LogP contribution < -0.4 is 4.74 Å². The van der Waals surface area contributed by atoms with Gasteiger partial charge in [-0.15, -0.1) is 0 Å². The van der Waals surface area contributed by atoms with E-state index < -0.39 is 11.6 Å². The maximum Gasteiger partial charge on any atom is 0.190 e. The summed E-state index contributed by atoms with van der Waals surface area (Å²) in [6.45, 7) is 2.29. The van der Waals surface area contributed by atoms with Crippen molar-refractivity contribution < 1.29 is 13.5 Å². The first-order valence-electron chi connectivity index (χ1n) is 12.6. The molecule has 3 aliphatic carbocycles. The summed E-state index contributed by atoms with van der Waals surface area (Å²) in [6.07, 6.45) is 18.0. The summed E-state index contributed by atoms with van der Waals surface area (Å²) in [5.41, 5.74) is 1.58. The molecule has 0 aliphatic heterocycles. The highest BCUT2D eigenvalue weighted by Crippen LogP contribution is 2.49. The van der Waals surface area contributed by atoms with Crippen LogP contribution in [0.4, 0.5) is 8.78 Å². The van der Waals surface area contributed by atoms with Crippen LogP contribution in [0.25, 0.3) is 0 Å². The van der Waals surface area contributed by atoms with E-state index >= 15 is 0 Å². The quantitative estimate of drug-likeness (QED) is 0.409. The van der Waals surface area contributed by atoms with Gasteiger partial charge in [0.05, 0.1) is 7.11 Å². The fraction of sp³-hybridized carbons (Fsp3) is 0.778. The zero-order valence-electron chi connectivity index (χ0n) is 19.0. The number of fused-ring (bicyclic) bond motifs is 2. The lowest BCUT2D eigenvalue weighted by atomic mass is 9.61. The summed E-state index contributed by atoms with van der Waals surface area (Å²) in [7, 11) is 1.35. The molecule has 168 valence electrons. The number of halogens is 2. The van der Waals surface area contributed by atoms with Crippen LogP contribution in [0.3, 0.4) is 0 Å². The second kappa shape index (κ2) is 10.0. The number of hydrogen-bond donors (Lipinski definition) is 0. The number of benzene rings is 1. The van der Waals surface area contributed by atoms with Crippen molar-refractivity contribution in [1.29, 1.82) is 0 Å². The average Bonchev–Trinajstić information content (AvgIpc) is 2.76. The fourth-order valence-electron chi connectivity index (χ4n) is 7.02. The number of methoxy groups -OCH3 is 1. The van der Waals surface area contributed by atoms with E-state index in [1.165, 1.54) is 77.7 Å². The Balaban J connectivity index is 1.32. The van der Waals surface area contributed by atoms with Gasteiger partial charge in [0.25, 0.3) is 0 Å². The van der Waals surface area contributed by atoms with E-state index in [-0.39, 0.29) is 5.75 Å². The second-order valence-corrected chi connectivity index (χ2v) is 10.5. The third kappa shape index (κ3) is 4.70. The van der Waals surface area contributed by atoms with Crippen LogP contribution in [0.15, 0.2) is 6.07 Å². The molecule has 2 fully saturated rings. The SMILES string of the molecule is CCCCCCC1CCC2CC(C3CCc4c(cc(F)c(OC)c4F)C3)CCC2C1. The van der Waals surface area contributed by atoms with Crippen molar-refractivity contribution in [1.82, 2.24) is 0 Å². The molecule has 0 saturated heterocycles. The zero-order valence-corrected chi connectivity index (χ0v) is 19.0. The average molecular weight is 419 g/mol. The van der Waals surface area contributed by atoms with Crippen molar-refractivity contribution in [3.63, 3.8) is 0 Å². The standard InChI is InChI=1S/C27H40F2O/c1-3-4-5-6-7-18-8-9-20-15-21(11-10-19(20)14-18)22-12-13-24-23(16-22)17-25(28)27(30-2)26(24)29/h17-22H,3-16H2,1-2H3. The van der Waals surface area contributed by atoms with Crippen LogP contribution in [0.2, 0.25) is 0 Å². The minimum atomic E-state index is -0.546. The van der Waals surface area contributed by atoms with E-state index in [1.54, 1.807) is 6.07 Å². The lowest BCUT2D eigenvalue weighted by Gasteiger charge is -2.45. The zero-order chi connectivity index (χ0) is 21.1. The number of rotatable bonds is 7. The summed E-state index contributed by atoms with van der Waals surface area (Å²) in [5.74, 6) is 2.94. The molecule has 1 aromatic rings. The summed E-state index contributed by atoms with van der Waals surface area (Å²) in [4.78, 5) is 0. The van der Waals surface area contributed by atoms with Gasteiger partial charge in [0.1, 0.15) is 0 Å². The molecular weight excluding hydrogens is 378 g/mol. The Bertz CT molecular complexity index is 715. The van der Waals surface area contributed by atoms with Gasteiger partial charge in [-0.1, -0.05) is 45.4 Å². The Morgan fingerprint density at radius 2 is 1.63 bits per heavy atom. The lowest BCUT2D eigenvalue weighted by molar-refractivity contribution is 0.0688. The third-order valence-corrected chi connectivity index (χ3v) is 8.72. The normalized spacial score (nSPS) is 31.1. The first-order valence-corrected chi connectivity index (χ1v) is 12.6. The molecule has 0 N–H and O–H groups in total. The fourth-order valence-corrected chi connectivity index (χ4v) is 7.02. The molecule has 30 heavy (non-hydrogen) atoms. The first-order chi connectivity index (χ1) is 14.6. The molecule has 0 amide bonds. The molecule has 5 atom stereocenters. The van der Waals surface area contributed by atoms with Crippen molar-refractivity contribution in [2.24, 2.45) is 29.6 Å². The van der Waals surface area contributed by atoms with Gasteiger partial charge in [-0.2, -0.15) is 0 Å². The predicted molar refractivity (Wildman–Crippen MR) is 119 cm³/mol. The Morgan fingerprint density at radius 3 is 2.40 bits per heavy atom. The molecule has 0 heterocycles. The highest BCUT2D eigenvalue weighted by molar-refractivity contribution is 5.40. The summed E-state index contributed by atoms with van der Waals surface area (Å²) in [6, 6.07) is 1.54. The highest BCUT2D eigenvalue weighted by Gasteiger charge is 2.39. The van der Waals surface area contributed by atoms with Crippen LogP contribution in [0.5, 0.6) is 5.75 Å². The summed E-state index contributed by atoms with van der Waals surface area (Å²) < 4.78 is 33.8. The van der Waals surface area contributed by atoms with Gasteiger partial charge in [0.2, 0.25) is 0 Å². The number of hydrogen-bond acceptors (Lipinski definition) is 1. The van der Waals surface area contributed by atoms with Gasteiger partial charge in [-0.25, -0.2) is 8.78 Å². The van der Waals surface area contributed by atoms with E-state index in [0.29, 0.717) is 11.5 Å². The van der Waals surface area contributed by atoms with Gasteiger partial charge >= 0.3 is 0 Å². The topological polar surface area (TPSA) is 9.23 Å². The molecule has 5 unspecified atom stereocenters. The molecule has 4 rings (SSSR count). The van der Waals surface area contributed by atoms with Crippen molar-refractivity contribution in [2.45, 2.75) is 96.8 Å². The van der Waals surface area contributed by atoms with Crippen molar-refractivity contribution in [2.75, 3.05) is 7.11 Å². The molecular formula is C27H40F2O. The molecule has 3 aliphatic rings. The lowest BCUT2D eigenvalue weighted by Crippen LogP contribution is -2.35. The van der Waals surface area contributed by atoms with Crippen LogP contribution in [0, 0.1) is 41.2 Å². The van der Waals surface area contributed by atoms with Gasteiger partial charge in [0, 0.05) is 0 Å². The van der Waals surface area contributed by atoms with E-state index in [2.05, 4.69) is 6.92 Å². The minimum absolute atomic E-state index is 0.209. The first kappa shape index (κ1) is 22.1. The maximum absolute atomic E-state index is 14.6. The second-order valence-electron chi connectivity index (χ2n) is 10.5. The number of ether oxygens (including phenoxy) is 1. The van der Waals surface area contributed by atoms with E-state index in [4.69, 9.17) is 4.74 Å². The Kier molecular flexibility index (Phi) is 7.36. The van der Waals surface area contributed by atoms with Crippen molar-refractivity contribution >= 4 is 0 Å². The van der Waals surface area contributed by atoms with Gasteiger partial charge < -0.3 is 4.74 Å². The van der Waals surface area contributed by atoms with Crippen LogP contribution >= 0.6 is 0 Å². The van der Waals surface area contributed by atoms with Gasteiger partial charge in [-0.05, 0) is 98.1 Å². The van der Waals surface area contributed by atoms with E-state index in [9.17, 15) is 8.78 Å². The minimum Gasteiger partial charge on any atom is -0.491 e. The predicted octanol–water partition coefficient (Wildman–Crippen LogP) is 7.88. The monoisotopic (exact) mass is 418 g/mol. The van der Waals surface area contributed by atoms with E-state index in [0.717, 1.165) is 48.5 Å². The van der Waals surface area contributed by atoms with E-state index in [1.807, 2.05) is 0 Å². The van der Waals surface area contributed by atoms with Crippen molar-refractivity contribution in [3.8, 4) is 5.75 Å². The molecule has 1 aromatic carbocycles. The smallest absolute Gasteiger partial charge is 0.190 e. The molecule has 3 heteroatoms. The molecule has 0 aromatic heterocycles. The third-order valence-electron chi connectivity index (χ3n) is 8.72. The van der Waals surface area contributed by atoms with Crippen LogP contribution in [-0.4, -0.2) is 7.11 Å². The van der Waals surface area contributed by atoms with Gasteiger partial charge in [0.15, 0.2) is 17.4 Å². The molecule has 0 spiro atoms. The largest absolute Gasteiger partial charge is 0.491 e. The molecule has 0 radical (unpaired) electrons. The number of unbranched alkanes of at least 4 members (excludes halogenated alkanes) is 3. The van der Waals surface area contributed by atoms with Gasteiger partial charge in [-0.3, -0.25) is 0 Å². The van der Waals surface area contributed by atoms with Crippen molar-refractivity contribution in [3.05, 3.63) is 28.8 Å². The molecule has 2 saturated carbocycles. The van der Waals surface area contributed by atoms with Crippen LogP contribution in [0.1, 0.15) is 95.1 Å². The maximum atomic E-state index is 14.6.